The van der Waals surface area contributed by atoms with E-state index in [4.69, 9.17) is 9.47 Å². The summed E-state index contributed by atoms with van der Waals surface area (Å²) < 4.78 is 10.7. The van der Waals surface area contributed by atoms with Gasteiger partial charge in [-0.15, -0.1) is 0 Å². The zero-order chi connectivity index (χ0) is 23.2. The average molecular weight is 448 g/mol. The second-order valence-electron chi connectivity index (χ2n) is 7.99. The number of ether oxygens (including phenoxy) is 2. The van der Waals surface area contributed by atoms with Gasteiger partial charge < -0.3 is 25.4 Å². The van der Waals surface area contributed by atoms with Crippen molar-refractivity contribution in [1.82, 2.24) is 20.9 Å². The largest absolute Gasteiger partial charge is 0.497 e. The second kappa shape index (κ2) is 14.7. The van der Waals surface area contributed by atoms with E-state index in [9.17, 15) is 4.79 Å². The summed E-state index contributed by atoms with van der Waals surface area (Å²) in [4.78, 5) is 19.3. The summed E-state index contributed by atoms with van der Waals surface area (Å²) in [5.74, 6) is 1.98. The molecule has 1 amide bonds. The molecule has 0 saturated carbocycles. The predicted molar refractivity (Wildman–Crippen MR) is 129 cm³/mol. The quantitative estimate of drug-likeness (QED) is 0.336. The molecule has 8 nitrogen and oxygen atoms in total. The lowest BCUT2D eigenvalue weighted by Gasteiger charge is -2.39. The van der Waals surface area contributed by atoms with Crippen molar-refractivity contribution in [2.24, 2.45) is 10.9 Å². The molecule has 1 saturated heterocycles. The van der Waals surface area contributed by atoms with Crippen LogP contribution in [0.1, 0.15) is 39.2 Å². The summed E-state index contributed by atoms with van der Waals surface area (Å²) in [6.07, 6.45) is 2.28. The summed E-state index contributed by atoms with van der Waals surface area (Å²) in [7, 11) is 1.64. The first-order valence-corrected chi connectivity index (χ1v) is 11.8. The lowest BCUT2D eigenvalue weighted by molar-refractivity contribution is -0.119. The molecule has 0 bridgehead atoms. The smallest absolute Gasteiger partial charge is 0.242 e. The molecule has 1 aliphatic rings. The van der Waals surface area contributed by atoms with Crippen LogP contribution in [0.15, 0.2) is 29.3 Å². The van der Waals surface area contributed by atoms with E-state index in [0.717, 1.165) is 63.5 Å². The fourth-order valence-electron chi connectivity index (χ4n) is 4.03. The Hall–Kier alpha value is -2.32. The molecule has 1 aromatic carbocycles. The molecule has 0 aromatic heterocycles. The first kappa shape index (κ1) is 25.9. The zero-order valence-electron chi connectivity index (χ0n) is 20.2. The minimum atomic E-state index is -0.109. The molecule has 180 valence electrons. The van der Waals surface area contributed by atoms with Crippen molar-refractivity contribution in [3.63, 3.8) is 0 Å². The van der Waals surface area contributed by atoms with Crippen LogP contribution in [0.25, 0.3) is 0 Å². The van der Waals surface area contributed by atoms with Gasteiger partial charge >= 0.3 is 0 Å². The molecular weight excluding hydrogens is 406 g/mol. The monoisotopic (exact) mass is 447 g/mol. The van der Waals surface area contributed by atoms with Gasteiger partial charge in [0.15, 0.2) is 5.96 Å². The highest BCUT2D eigenvalue weighted by Crippen LogP contribution is 2.19. The van der Waals surface area contributed by atoms with Crippen molar-refractivity contribution in [2.75, 3.05) is 53.0 Å². The molecule has 1 aromatic rings. The minimum Gasteiger partial charge on any atom is -0.497 e. The second-order valence-corrected chi connectivity index (χ2v) is 7.99. The first-order valence-electron chi connectivity index (χ1n) is 11.8. The summed E-state index contributed by atoms with van der Waals surface area (Å²) in [6, 6.07) is 8.08. The fraction of sp³-hybridized carbons (Fsp3) is 0.667. The number of nitrogens with one attached hydrogen (secondary N) is 3. The van der Waals surface area contributed by atoms with E-state index >= 15 is 0 Å². The SMILES string of the molecule is CCNC(=NCC(=O)NCc1ccc(OC)cc1)NCC(C(CC)CC)N1CCOCC1. The van der Waals surface area contributed by atoms with E-state index in [1.165, 1.54) is 0 Å². The molecule has 3 N–H and O–H groups in total. The van der Waals surface area contributed by atoms with E-state index in [0.29, 0.717) is 24.5 Å². The predicted octanol–water partition coefficient (Wildman–Crippen LogP) is 2.00. The number of aliphatic imine (C=N–C) groups is 1. The van der Waals surface area contributed by atoms with Crippen LogP contribution in [0, 0.1) is 5.92 Å². The number of guanidine groups is 1. The Morgan fingerprint density at radius 3 is 2.38 bits per heavy atom. The van der Waals surface area contributed by atoms with Crippen LogP contribution in [-0.4, -0.2) is 75.9 Å². The van der Waals surface area contributed by atoms with Crippen LogP contribution in [0.3, 0.4) is 0 Å². The van der Waals surface area contributed by atoms with Crippen molar-refractivity contribution in [3.05, 3.63) is 29.8 Å². The van der Waals surface area contributed by atoms with Gasteiger partial charge in [0.25, 0.3) is 0 Å². The molecular formula is C24H41N5O3. The van der Waals surface area contributed by atoms with E-state index in [1.54, 1.807) is 7.11 Å². The van der Waals surface area contributed by atoms with Gasteiger partial charge in [-0.25, -0.2) is 4.99 Å². The highest BCUT2D eigenvalue weighted by atomic mass is 16.5. The van der Waals surface area contributed by atoms with Crippen LogP contribution < -0.4 is 20.7 Å². The maximum Gasteiger partial charge on any atom is 0.242 e. The first-order chi connectivity index (χ1) is 15.6. The average Bonchev–Trinajstić information content (AvgIpc) is 2.84. The number of morpholine rings is 1. The molecule has 0 aliphatic carbocycles. The van der Waals surface area contributed by atoms with Crippen LogP contribution in [0.4, 0.5) is 0 Å². The molecule has 1 fully saturated rings. The standard InChI is InChI=1S/C24H41N5O3/c1-5-20(6-2)22(29-12-14-32-15-13-29)17-27-24(25-7-3)28-18-23(30)26-16-19-8-10-21(31-4)11-9-19/h8-11,20,22H,5-7,12-18H2,1-4H3,(H,26,30)(H2,25,27,28). The number of hydrogen-bond donors (Lipinski definition) is 3. The molecule has 32 heavy (non-hydrogen) atoms. The molecule has 1 atom stereocenters. The van der Waals surface area contributed by atoms with Crippen LogP contribution in [0.5, 0.6) is 5.75 Å². The van der Waals surface area contributed by atoms with E-state index in [-0.39, 0.29) is 12.5 Å². The van der Waals surface area contributed by atoms with Crippen molar-refractivity contribution >= 4 is 11.9 Å². The third kappa shape index (κ3) is 8.67. The van der Waals surface area contributed by atoms with Gasteiger partial charge in [-0.2, -0.15) is 0 Å². The Kier molecular flexibility index (Phi) is 11.9. The van der Waals surface area contributed by atoms with E-state index < -0.39 is 0 Å². The topological polar surface area (TPSA) is 87.2 Å². The molecule has 2 rings (SSSR count). The van der Waals surface area contributed by atoms with Crippen molar-refractivity contribution in [1.29, 1.82) is 0 Å². The number of hydrogen-bond acceptors (Lipinski definition) is 5. The molecule has 8 heteroatoms. The number of carbonyl (C=O) groups is 1. The molecule has 0 spiro atoms. The van der Waals surface area contributed by atoms with Gasteiger partial charge in [0.1, 0.15) is 12.3 Å². The Bertz CT molecular complexity index is 685. The number of amides is 1. The minimum absolute atomic E-state index is 0.0820. The van der Waals surface area contributed by atoms with Gasteiger partial charge in [0.05, 0.1) is 20.3 Å². The van der Waals surface area contributed by atoms with E-state index in [1.807, 2.05) is 31.2 Å². The Labute approximate surface area is 193 Å². The van der Waals surface area contributed by atoms with Crippen molar-refractivity contribution in [2.45, 2.75) is 46.2 Å². The number of methoxy groups -OCH3 is 1. The molecule has 0 radical (unpaired) electrons. The summed E-state index contributed by atoms with van der Waals surface area (Å²) in [6.45, 7) is 12.1. The molecule has 1 aliphatic heterocycles. The summed E-state index contributed by atoms with van der Waals surface area (Å²) in [5.41, 5.74) is 1.02. The van der Waals surface area contributed by atoms with Crippen LogP contribution >= 0.6 is 0 Å². The van der Waals surface area contributed by atoms with Crippen LogP contribution in [-0.2, 0) is 16.1 Å². The Morgan fingerprint density at radius 1 is 1.09 bits per heavy atom. The highest BCUT2D eigenvalue weighted by Gasteiger charge is 2.27. The lowest BCUT2D eigenvalue weighted by Crippen LogP contribution is -2.53. The maximum atomic E-state index is 12.3. The number of rotatable bonds is 12. The Balaban J connectivity index is 1.89. The zero-order valence-corrected chi connectivity index (χ0v) is 20.2. The third-order valence-electron chi connectivity index (χ3n) is 5.96. The van der Waals surface area contributed by atoms with Crippen molar-refractivity contribution < 1.29 is 14.3 Å². The molecule has 1 heterocycles. The fourth-order valence-corrected chi connectivity index (χ4v) is 4.03. The normalized spacial score (nSPS) is 16.0. The molecule has 1 unspecified atom stereocenters. The number of carbonyl (C=O) groups excluding carboxylic acids is 1. The van der Waals surface area contributed by atoms with Gasteiger partial charge in [-0.1, -0.05) is 38.8 Å². The highest BCUT2D eigenvalue weighted by molar-refractivity contribution is 5.84. The number of nitrogens with zero attached hydrogens (tertiary/aromatic N) is 2. The van der Waals surface area contributed by atoms with Gasteiger partial charge in [-0.05, 0) is 30.5 Å². The van der Waals surface area contributed by atoms with Gasteiger partial charge in [-0.3, -0.25) is 9.69 Å². The Morgan fingerprint density at radius 2 is 1.78 bits per heavy atom. The third-order valence-corrected chi connectivity index (χ3v) is 5.96. The van der Waals surface area contributed by atoms with Crippen molar-refractivity contribution in [3.8, 4) is 5.75 Å². The lowest BCUT2D eigenvalue weighted by atomic mass is 9.92. The van der Waals surface area contributed by atoms with Crippen LogP contribution in [0.2, 0.25) is 0 Å². The van der Waals surface area contributed by atoms with Gasteiger partial charge in [0.2, 0.25) is 5.91 Å². The maximum absolute atomic E-state index is 12.3. The summed E-state index contributed by atoms with van der Waals surface area (Å²) >= 11 is 0. The summed E-state index contributed by atoms with van der Waals surface area (Å²) in [5, 5.41) is 9.65. The van der Waals surface area contributed by atoms with E-state index in [2.05, 4.69) is 39.7 Å². The number of benzene rings is 1. The van der Waals surface area contributed by atoms with Gasteiger partial charge in [0, 0.05) is 38.8 Å².